The number of hydrogen-bond acceptors (Lipinski definition) is 4. The molecule has 3 aromatic rings. The number of nitrogen functional groups attached to an aromatic ring is 2. The number of nitrogens with one attached hydrogen (secondary N) is 1. The molecule has 0 bridgehead atoms. The Bertz CT molecular complexity index is 862. The molecule has 5 nitrogen and oxygen atoms in total. The monoisotopic (exact) mass is 333 g/mol. The van der Waals surface area contributed by atoms with E-state index in [9.17, 15) is 4.79 Å². The molecule has 1 amide bonds. The average molecular weight is 333 g/mol. The maximum atomic E-state index is 11.9. The van der Waals surface area contributed by atoms with Crippen LogP contribution in [0.4, 0.5) is 21.9 Å². The highest BCUT2D eigenvalue weighted by Gasteiger charge is 2.07. The lowest BCUT2D eigenvalue weighted by Crippen LogP contribution is -2.13. The number of ether oxygens (including phenoxy) is 1. The minimum absolute atomic E-state index is 0.214. The summed E-state index contributed by atoms with van der Waals surface area (Å²) < 4.78 is 5.20. The highest BCUT2D eigenvalue weighted by molar-refractivity contribution is 5.88. The molecule has 0 aliphatic carbocycles. The van der Waals surface area contributed by atoms with Crippen LogP contribution in [0, 0.1) is 0 Å². The number of carbonyl (C=O) groups excluding carboxylic acids is 1. The molecular formula is C20H19N3O2. The van der Waals surface area contributed by atoms with Gasteiger partial charge in [-0.3, -0.25) is 5.32 Å². The van der Waals surface area contributed by atoms with Crippen LogP contribution in [0.5, 0.6) is 0 Å². The summed E-state index contributed by atoms with van der Waals surface area (Å²) in [7, 11) is 0. The third-order valence-corrected chi connectivity index (χ3v) is 3.73. The molecule has 126 valence electrons. The summed E-state index contributed by atoms with van der Waals surface area (Å²) in [5.41, 5.74) is 16.4. The van der Waals surface area contributed by atoms with Gasteiger partial charge < -0.3 is 16.2 Å². The van der Waals surface area contributed by atoms with Crippen molar-refractivity contribution < 1.29 is 9.53 Å². The molecule has 0 fully saturated rings. The van der Waals surface area contributed by atoms with E-state index >= 15 is 0 Å². The Hall–Kier alpha value is -3.47. The molecule has 5 N–H and O–H groups in total. The number of amides is 1. The average Bonchev–Trinajstić information content (AvgIpc) is 2.62. The van der Waals surface area contributed by atoms with Crippen LogP contribution in [-0.4, -0.2) is 6.09 Å². The van der Waals surface area contributed by atoms with E-state index in [0.29, 0.717) is 17.1 Å². The molecule has 0 aliphatic heterocycles. The van der Waals surface area contributed by atoms with Crippen LogP contribution >= 0.6 is 0 Å². The quantitative estimate of drug-likeness (QED) is 0.622. The molecule has 5 heteroatoms. The minimum Gasteiger partial charge on any atom is -0.444 e. The maximum absolute atomic E-state index is 11.9. The van der Waals surface area contributed by atoms with Crippen molar-refractivity contribution in [3.05, 3.63) is 78.4 Å². The first-order valence-electron chi connectivity index (χ1n) is 7.85. The van der Waals surface area contributed by atoms with Gasteiger partial charge in [0.2, 0.25) is 0 Å². The summed E-state index contributed by atoms with van der Waals surface area (Å²) >= 11 is 0. The smallest absolute Gasteiger partial charge is 0.411 e. The van der Waals surface area contributed by atoms with E-state index in [2.05, 4.69) is 5.32 Å². The Morgan fingerprint density at radius 3 is 2.32 bits per heavy atom. The van der Waals surface area contributed by atoms with Gasteiger partial charge in [-0.2, -0.15) is 0 Å². The second-order valence-corrected chi connectivity index (χ2v) is 5.61. The molecule has 0 atom stereocenters. The van der Waals surface area contributed by atoms with Gasteiger partial charge in [-0.15, -0.1) is 0 Å². The van der Waals surface area contributed by atoms with Gasteiger partial charge in [-0.25, -0.2) is 4.79 Å². The number of nitrogens with two attached hydrogens (primary N) is 2. The van der Waals surface area contributed by atoms with Crippen molar-refractivity contribution in [1.82, 2.24) is 0 Å². The fraction of sp³-hybridized carbons (Fsp3) is 0.0500. The Morgan fingerprint density at radius 1 is 0.920 bits per heavy atom. The van der Waals surface area contributed by atoms with Gasteiger partial charge >= 0.3 is 6.09 Å². The van der Waals surface area contributed by atoms with Gasteiger partial charge in [0.15, 0.2) is 0 Å². The molecule has 0 saturated carbocycles. The number of rotatable bonds is 4. The lowest BCUT2D eigenvalue weighted by molar-refractivity contribution is 0.155. The normalized spacial score (nSPS) is 10.2. The highest BCUT2D eigenvalue weighted by Crippen LogP contribution is 2.29. The molecule has 0 saturated heterocycles. The lowest BCUT2D eigenvalue weighted by Gasteiger charge is -2.11. The predicted octanol–water partition coefficient (Wildman–Crippen LogP) is 4.27. The van der Waals surface area contributed by atoms with Crippen molar-refractivity contribution in [2.24, 2.45) is 0 Å². The fourth-order valence-electron chi connectivity index (χ4n) is 2.44. The van der Waals surface area contributed by atoms with Crippen molar-refractivity contribution in [2.75, 3.05) is 16.8 Å². The molecule has 0 spiro atoms. The number of carbonyl (C=O) groups is 1. The zero-order valence-corrected chi connectivity index (χ0v) is 13.6. The summed E-state index contributed by atoms with van der Waals surface area (Å²) in [6, 6.07) is 22.3. The topological polar surface area (TPSA) is 90.4 Å². The zero-order chi connectivity index (χ0) is 17.6. The van der Waals surface area contributed by atoms with Gasteiger partial charge in [0, 0.05) is 22.6 Å². The van der Waals surface area contributed by atoms with E-state index in [4.69, 9.17) is 16.2 Å². The van der Waals surface area contributed by atoms with Gasteiger partial charge in [0.05, 0.1) is 0 Å². The summed E-state index contributed by atoms with van der Waals surface area (Å²) in [5.74, 6) is 0. The summed E-state index contributed by atoms with van der Waals surface area (Å²) in [6.45, 7) is 0.214. The summed E-state index contributed by atoms with van der Waals surface area (Å²) in [6.07, 6.45) is -0.525. The molecule has 0 aliphatic rings. The first kappa shape index (κ1) is 16.4. The number of anilines is 3. The van der Waals surface area contributed by atoms with Crippen LogP contribution in [0.1, 0.15) is 5.56 Å². The molecular weight excluding hydrogens is 314 g/mol. The van der Waals surface area contributed by atoms with Gasteiger partial charge in [-0.05, 0) is 35.4 Å². The van der Waals surface area contributed by atoms with Crippen LogP contribution < -0.4 is 16.8 Å². The van der Waals surface area contributed by atoms with Crippen LogP contribution in [0.3, 0.4) is 0 Å². The van der Waals surface area contributed by atoms with Crippen molar-refractivity contribution in [3.63, 3.8) is 0 Å². The second kappa shape index (κ2) is 7.40. The SMILES string of the molecule is Nc1ccc(-c2ccc(NC(=O)OCc3ccccc3)cc2N)cc1. The molecule has 0 heterocycles. The lowest BCUT2D eigenvalue weighted by atomic mass is 10.0. The fourth-order valence-corrected chi connectivity index (χ4v) is 2.44. The van der Waals surface area contributed by atoms with E-state index in [-0.39, 0.29) is 6.61 Å². The van der Waals surface area contributed by atoms with Crippen molar-refractivity contribution in [3.8, 4) is 11.1 Å². The third kappa shape index (κ3) is 4.29. The maximum Gasteiger partial charge on any atom is 0.411 e. The van der Waals surface area contributed by atoms with Crippen molar-refractivity contribution in [2.45, 2.75) is 6.61 Å². The predicted molar refractivity (Wildman–Crippen MR) is 101 cm³/mol. The van der Waals surface area contributed by atoms with Gasteiger partial charge in [-0.1, -0.05) is 48.5 Å². The van der Waals surface area contributed by atoms with E-state index in [0.717, 1.165) is 16.7 Å². The van der Waals surface area contributed by atoms with E-state index in [1.165, 1.54) is 0 Å². The zero-order valence-electron chi connectivity index (χ0n) is 13.6. The molecule has 0 aromatic heterocycles. The third-order valence-electron chi connectivity index (χ3n) is 3.73. The van der Waals surface area contributed by atoms with Crippen LogP contribution in [0.2, 0.25) is 0 Å². The number of hydrogen-bond donors (Lipinski definition) is 3. The molecule has 25 heavy (non-hydrogen) atoms. The Balaban J connectivity index is 1.64. The van der Waals surface area contributed by atoms with Crippen molar-refractivity contribution in [1.29, 1.82) is 0 Å². The number of benzene rings is 3. The Labute approximate surface area is 146 Å². The molecule has 0 unspecified atom stereocenters. The van der Waals surface area contributed by atoms with Gasteiger partial charge in [0.1, 0.15) is 6.61 Å². The van der Waals surface area contributed by atoms with E-state index in [1.807, 2.05) is 60.7 Å². The van der Waals surface area contributed by atoms with Crippen LogP contribution in [0.15, 0.2) is 72.8 Å². The molecule has 3 rings (SSSR count). The van der Waals surface area contributed by atoms with Crippen LogP contribution in [-0.2, 0) is 11.3 Å². The van der Waals surface area contributed by atoms with Gasteiger partial charge in [0.25, 0.3) is 0 Å². The first-order valence-corrected chi connectivity index (χ1v) is 7.85. The van der Waals surface area contributed by atoms with E-state index in [1.54, 1.807) is 12.1 Å². The Kier molecular flexibility index (Phi) is 4.85. The second-order valence-electron chi connectivity index (χ2n) is 5.61. The standard InChI is InChI=1S/C20H19N3O2/c21-16-8-6-15(7-9-16)18-11-10-17(12-19(18)22)23-20(24)25-13-14-4-2-1-3-5-14/h1-12H,13,21-22H2,(H,23,24). The summed E-state index contributed by atoms with van der Waals surface area (Å²) in [4.78, 5) is 11.9. The van der Waals surface area contributed by atoms with E-state index < -0.39 is 6.09 Å². The Morgan fingerprint density at radius 2 is 1.64 bits per heavy atom. The summed E-state index contributed by atoms with van der Waals surface area (Å²) in [5, 5.41) is 2.68. The minimum atomic E-state index is -0.525. The molecule has 3 aromatic carbocycles. The highest BCUT2D eigenvalue weighted by atomic mass is 16.5. The largest absolute Gasteiger partial charge is 0.444 e. The van der Waals surface area contributed by atoms with Crippen molar-refractivity contribution >= 4 is 23.2 Å². The molecule has 0 radical (unpaired) electrons. The van der Waals surface area contributed by atoms with Crippen LogP contribution in [0.25, 0.3) is 11.1 Å². The first-order chi connectivity index (χ1) is 12.1.